The summed E-state index contributed by atoms with van der Waals surface area (Å²) in [7, 11) is 0. The average molecular weight is 597 g/mol. The molecule has 4 aromatic carbocycles. The van der Waals surface area contributed by atoms with E-state index in [2.05, 4.69) is 104 Å². The van der Waals surface area contributed by atoms with Gasteiger partial charge in [-0.1, -0.05) is 105 Å². The van der Waals surface area contributed by atoms with Gasteiger partial charge >= 0.3 is 0 Å². The van der Waals surface area contributed by atoms with Gasteiger partial charge < -0.3 is 5.73 Å². The second-order valence-electron chi connectivity index (χ2n) is 10.6. The molecule has 0 aromatic heterocycles. The molecule has 4 nitrogen and oxygen atoms in total. The zero-order valence-corrected chi connectivity index (χ0v) is 26.5. The first-order valence-corrected chi connectivity index (χ1v) is 14.6. The molecule has 0 aliphatic heterocycles. The molecule has 0 heterocycles. The van der Waals surface area contributed by atoms with Crippen molar-refractivity contribution in [3.05, 3.63) is 163 Å². The Kier molecular flexibility index (Phi) is 12.2. The minimum Gasteiger partial charge on any atom is -0.337 e. The van der Waals surface area contributed by atoms with Crippen molar-refractivity contribution < 1.29 is 0 Å². The van der Waals surface area contributed by atoms with Crippen molar-refractivity contribution >= 4 is 16.7 Å². The van der Waals surface area contributed by atoms with Gasteiger partial charge in [0.05, 0.1) is 12.1 Å². The molecular weight excluding hydrogens is 560 g/mol. The van der Waals surface area contributed by atoms with E-state index in [9.17, 15) is 0 Å². The van der Waals surface area contributed by atoms with E-state index in [1.54, 1.807) is 26.0 Å². The van der Waals surface area contributed by atoms with Gasteiger partial charge in [-0.3, -0.25) is 0 Å². The summed E-state index contributed by atoms with van der Waals surface area (Å²) in [6.07, 6.45) is 8.87. The van der Waals surface area contributed by atoms with Crippen LogP contribution in [0.4, 0.5) is 0 Å². The number of allylic oxidation sites excluding steroid dienone is 9. The maximum Gasteiger partial charge on any atom is 0.173 e. The number of nitrogens with two attached hydrogens (primary N) is 1. The molecule has 0 aliphatic carbocycles. The summed E-state index contributed by atoms with van der Waals surface area (Å²) < 4.78 is 0. The summed E-state index contributed by atoms with van der Waals surface area (Å²) >= 11 is 0. The lowest BCUT2D eigenvalue weighted by molar-refractivity contribution is 1.44. The molecule has 4 heteroatoms. The van der Waals surface area contributed by atoms with Gasteiger partial charge in [0.1, 0.15) is 0 Å². The minimum absolute atomic E-state index is 0.623. The van der Waals surface area contributed by atoms with Crippen molar-refractivity contribution in [3.63, 3.8) is 0 Å². The fourth-order valence-corrected chi connectivity index (χ4v) is 4.81. The standard InChI is InChI=1S/C41H34N2.CH2N2/c1-7-8-30(4)33-9-15-36(16-10-33)39-23-40(37-17-11-34(12-18-37)31(5)21-28(2)26-42)25-41(24-39)38-19-13-35(14-20-38)32(6)22-29(3)27-43;2-1-3/h7-25H,4-6H2,1-3H3;2H2/b8-7-,28-21+,29-22+;. The van der Waals surface area contributed by atoms with Gasteiger partial charge in [0.15, 0.2) is 6.19 Å². The number of hydrogen-bond donors (Lipinski definition) is 1. The van der Waals surface area contributed by atoms with Gasteiger partial charge in [-0.05, 0) is 118 Å². The third-order valence-corrected chi connectivity index (χ3v) is 7.20. The van der Waals surface area contributed by atoms with E-state index in [-0.39, 0.29) is 0 Å². The number of nitriles is 3. The van der Waals surface area contributed by atoms with Gasteiger partial charge in [0.2, 0.25) is 0 Å². The predicted molar refractivity (Wildman–Crippen MR) is 193 cm³/mol. The number of nitrogens with zero attached hydrogens (tertiary/aromatic N) is 3. The van der Waals surface area contributed by atoms with E-state index >= 15 is 0 Å². The molecule has 0 spiro atoms. The average Bonchev–Trinajstić information content (AvgIpc) is 3.08. The summed E-state index contributed by atoms with van der Waals surface area (Å²) in [6.45, 7) is 18.0. The first-order valence-electron chi connectivity index (χ1n) is 14.6. The van der Waals surface area contributed by atoms with Crippen molar-refractivity contribution in [2.45, 2.75) is 20.8 Å². The summed E-state index contributed by atoms with van der Waals surface area (Å²) in [4.78, 5) is 0. The van der Waals surface area contributed by atoms with E-state index in [1.165, 1.54) is 6.19 Å². The van der Waals surface area contributed by atoms with Gasteiger partial charge in [-0.2, -0.15) is 15.8 Å². The Morgan fingerprint density at radius 3 is 1.09 bits per heavy atom. The van der Waals surface area contributed by atoms with Crippen molar-refractivity contribution in [3.8, 4) is 51.7 Å². The summed E-state index contributed by atoms with van der Waals surface area (Å²) in [5.74, 6) is 0. The van der Waals surface area contributed by atoms with Crippen LogP contribution in [-0.2, 0) is 0 Å². The molecule has 4 aromatic rings. The van der Waals surface area contributed by atoms with Crippen molar-refractivity contribution in [1.82, 2.24) is 0 Å². The molecule has 0 saturated heterocycles. The molecular formula is C42H36N4. The topological polar surface area (TPSA) is 97.4 Å². The highest BCUT2D eigenvalue weighted by molar-refractivity contribution is 5.84. The zero-order valence-electron chi connectivity index (χ0n) is 26.5. The molecule has 2 N–H and O–H groups in total. The van der Waals surface area contributed by atoms with Crippen LogP contribution in [0, 0.1) is 34.1 Å². The van der Waals surface area contributed by atoms with Crippen LogP contribution in [0.2, 0.25) is 0 Å². The molecule has 4 rings (SSSR count). The van der Waals surface area contributed by atoms with Crippen molar-refractivity contribution in [2.75, 3.05) is 0 Å². The summed E-state index contributed by atoms with van der Waals surface area (Å²) in [6, 6.07) is 36.0. The summed E-state index contributed by atoms with van der Waals surface area (Å²) in [5, 5.41) is 25.4. The van der Waals surface area contributed by atoms with E-state index in [0.29, 0.717) is 11.1 Å². The van der Waals surface area contributed by atoms with Crippen molar-refractivity contribution in [2.24, 2.45) is 5.73 Å². The van der Waals surface area contributed by atoms with Crippen LogP contribution in [0.15, 0.2) is 146 Å². The molecule has 0 saturated carbocycles. The van der Waals surface area contributed by atoms with Gasteiger partial charge in [0, 0.05) is 11.1 Å². The zero-order chi connectivity index (χ0) is 33.6. The van der Waals surface area contributed by atoms with Crippen LogP contribution < -0.4 is 5.73 Å². The molecule has 0 aliphatic rings. The first kappa shape index (κ1) is 34.1. The Morgan fingerprint density at radius 1 is 0.543 bits per heavy atom. The number of hydrogen-bond acceptors (Lipinski definition) is 4. The van der Waals surface area contributed by atoms with Crippen LogP contribution >= 0.6 is 0 Å². The second-order valence-corrected chi connectivity index (χ2v) is 10.6. The lowest BCUT2D eigenvalue weighted by atomic mass is 9.91. The van der Waals surface area contributed by atoms with E-state index in [4.69, 9.17) is 15.8 Å². The van der Waals surface area contributed by atoms with Crippen LogP contribution in [0.5, 0.6) is 0 Å². The highest BCUT2D eigenvalue weighted by Crippen LogP contribution is 2.34. The molecule has 0 bridgehead atoms. The van der Waals surface area contributed by atoms with Gasteiger partial charge in [-0.25, -0.2) is 0 Å². The third kappa shape index (κ3) is 9.05. The fraction of sp³-hybridized carbons (Fsp3) is 0.0714. The maximum absolute atomic E-state index is 9.13. The largest absolute Gasteiger partial charge is 0.337 e. The Morgan fingerprint density at radius 2 is 0.826 bits per heavy atom. The van der Waals surface area contributed by atoms with Crippen LogP contribution in [0.3, 0.4) is 0 Å². The van der Waals surface area contributed by atoms with E-state index in [1.807, 2.05) is 43.3 Å². The van der Waals surface area contributed by atoms with Gasteiger partial charge in [0.25, 0.3) is 0 Å². The second kappa shape index (κ2) is 16.4. The summed E-state index contributed by atoms with van der Waals surface area (Å²) in [5.41, 5.74) is 17.6. The van der Waals surface area contributed by atoms with Crippen LogP contribution in [0.1, 0.15) is 37.5 Å². The molecule has 224 valence electrons. The highest BCUT2D eigenvalue weighted by Gasteiger charge is 2.10. The monoisotopic (exact) mass is 596 g/mol. The number of benzene rings is 4. The Hall–Kier alpha value is -6.41. The Balaban J connectivity index is 0.00000185. The normalized spacial score (nSPS) is 11.0. The minimum atomic E-state index is 0.623. The highest BCUT2D eigenvalue weighted by atomic mass is 14.5. The molecule has 0 radical (unpaired) electrons. The molecule has 46 heavy (non-hydrogen) atoms. The smallest absolute Gasteiger partial charge is 0.173 e. The quantitative estimate of drug-likeness (QED) is 0.0899. The van der Waals surface area contributed by atoms with Crippen LogP contribution in [-0.4, -0.2) is 0 Å². The SMILES string of the molecule is C=C(/C=C\C)c1ccc(-c2cc(-c3ccc(C(=C)/C=C(\C)C#N)cc3)cc(-c3ccc(C(=C)/C=C(\C)C#N)cc3)c2)cc1.N#CN. The van der Waals surface area contributed by atoms with Crippen molar-refractivity contribution in [1.29, 1.82) is 15.8 Å². The fourth-order valence-electron chi connectivity index (χ4n) is 4.81. The third-order valence-electron chi connectivity index (χ3n) is 7.20. The Labute approximate surface area is 273 Å². The molecule has 0 fully saturated rings. The molecule has 0 amide bonds. The molecule has 0 unspecified atom stereocenters. The van der Waals surface area contributed by atoms with E-state index < -0.39 is 0 Å². The predicted octanol–water partition coefficient (Wildman–Crippen LogP) is 10.7. The lowest BCUT2D eigenvalue weighted by Gasteiger charge is -2.13. The maximum atomic E-state index is 9.13. The molecule has 0 atom stereocenters. The lowest BCUT2D eigenvalue weighted by Crippen LogP contribution is -1.88. The van der Waals surface area contributed by atoms with E-state index in [0.717, 1.165) is 66.8 Å². The number of rotatable bonds is 9. The first-order chi connectivity index (χ1) is 22.1. The Bertz CT molecular complexity index is 1860. The van der Waals surface area contributed by atoms with Crippen LogP contribution in [0.25, 0.3) is 50.1 Å². The van der Waals surface area contributed by atoms with Gasteiger partial charge in [-0.15, -0.1) is 0 Å².